The van der Waals surface area contributed by atoms with Gasteiger partial charge in [-0.15, -0.1) is 0 Å². The van der Waals surface area contributed by atoms with Gasteiger partial charge in [0, 0.05) is 0 Å². The van der Waals surface area contributed by atoms with Crippen LogP contribution in [-0.2, 0) is 0 Å². The number of amides is 4. The molecule has 0 atom stereocenters. The summed E-state index contributed by atoms with van der Waals surface area (Å²) in [4.78, 5) is 26.6. The van der Waals surface area contributed by atoms with E-state index in [1.807, 2.05) is 0 Å². The molecule has 72 valence electrons. The van der Waals surface area contributed by atoms with Crippen LogP contribution in [0.15, 0.2) is 0 Å². The second-order valence-electron chi connectivity index (χ2n) is 1.08. The highest BCUT2D eigenvalue weighted by Gasteiger charge is 1.65. The van der Waals surface area contributed by atoms with Crippen LogP contribution in [0.25, 0.3) is 0 Å². The van der Waals surface area contributed by atoms with Crippen molar-refractivity contribution in [1.29, 1.82) is 0 Å². The first-order valence-electron chi connectivity index (χ1n) is 2.21. The van der Waals surface area contributed by atoms with Gasteiger partial charge in [-0.1, -0.05) is 0 Å². The summed E-state index contributed by atoms with van der Waals surface area (Å²) in [6.07, 6.45) is -2.67. The van der Waals surface area contributed by atoms with Crippen molar-refractivity contribution in [2.24, 2.45) is 22.9 Å². The van der Waals surface area contributed by atoms with E-state index >= 15 is 0 Å². The van der Waals surface area contributed by atoms with E-state index in [4.69, 9.17) is 24.6 Å². The third kappa shape index (κ3) is 75.5. The zero-order chi connectivity index (χ0) is 10.7. The third-order valence-electron chi connectivity index (χ3n) is 0. The van der Waals surface area contributed by atoms with E-state index in [0.717, 1.165) is 0 Å². The highest BCUT2D eigenvalue weighted by molar-refractivity contribution is 5.69. The molecule has 10 N–H and O–H groups in total. The number of carbonyl (C=O) groups is 3. The van der Waals surface area contributed by atoms with Crippen molar-refractivity contribution in [2.75, 3.05) is 0 Å². The molecule has 0 spiro atoms. The molecule has 0 saturated heterocycles. The molecule has 9 heteroatoms. The molecule has 0 saturated carbocycles. The SMILES string of the molecule is NC(=O)O.NC(=O)O.NC(N)=O. The Balaban J connectivity index is -0.000000101. The Morgan fingerprint density at radius 1 is 0.750 bits per heavy atom. The van der Waals surface area contributed by atoms with Gasteiger partial charge in [0.1, 0.15) is 0 Å². The number of carbonyl (C=O) groups excluding carboxylic acids is 1. The maximum absolute atomic E-state index is 9.00. The number of rotatable bonds is 0. The van der Waals surface area contributed by atoms with Crippen LogP contribution in [0, 0.1) is 0 Å². The third-order valence-corrected chi connectivity index (χ3v) is 0. The normalized spacial score (nSPS) is 6.00. The summed E-state index contributed by atoms with van der Waals surface area (Å²) in [5, 5.41) is 14.4. The van der Waals surface area contributed by atoms with Gasteiger partial charge in [-0.2, -0.15) is 0 Å². The van der Waals surface area contributed by atoms with Gasteiger partial charge in [-0.05, 0) is 0 Å². The molecule has 9 nitrogen and oxygen atoms in total. The molecule has 0 rings (SSSR count). The predicted molar refractivity (Wildman–Crippen MR) is 38.2 cm³/mol. The molecule has 0 aromatic heterocycles. The molecular formula is C3H10N4O5. The average molecular weight is 182 g/mol. The molecule has 0 aliphatic heterocycles. The second-order valence-corrected chi connectivity index (χ2v) is 1.08. The molecule has 0 aromatic carbocycles. The van der Waals surface area contributed by atoms with Crippen LogP contribution >= 0.6 is 0 Å². The Morgan fingerprint density at radius 3 is 0.750 bits per heavy atom. The molecule has 0 bridgehead atoms. The highest BCUT2D eigenvalue weighted by Crippen LogP contribution is 1.35. The number of urea groups is 1. The fourth-order valence-electron chi connectivity index (χ4n) is 0. The second kappa shape index (κ2) is 11.6. The van der Waals surface area contributed by atoms with E-state index in [9.17, 15) is 0 Å². The maximum Gasteiger partial charge on any atom is 0.402 e. The van der Waals surface area contributed by atoms with E-state index in [1.165, 1.54) is 0 Å². The number of primary amides is 4. The summed E-state index contributed by atoms with van der Waals surface area (Å²) in [5.74, 6) is 0. The van der Waals surface area contributed by atoms with Gasteiger partial charge in [0.25, 0.3) is 0 Å². The molecule has 12 heavy (non-hydrogen) atoms. The molecule has 0 heterocycles. The zero-order valence-corrected chi connectivity index (χ0v) is 5.93. The number of nitrogens with two attached hydrogens (primary N) is 4. The largest absolute Gasteiger partial charge is 0.465 e. The van der Waals surface area contributed by atoms with Gasteiger partial charge < -0.3 is 33.1 Å². The summed E-state index contributed by atoms with van der Waals surface area (Å²) in [6, 6.07) is -0.833. The first-order valence-corrected chi connectivity index (χ1v) is 2.21. The van der Waals surface area contributed by atoms with E-state index in [2.05, 4.69) is 22.9 Å². The topological polar surface area (TPSA) is 196 Å². The van der Waals surface area contributed by atoms with Crippen molar-refractivity contribution in [2.45, 2.75) is 0 Å². The minimum Gasteiger partial charge on any atom is -0.465 e. The van der Waals surface area contributed by atoms with Crippen molar-refractivity contribution >= 4 is 18.2 Å². The summed E-state index contributed by atoms with van der Waals surface area (Å²) < 4.78 is 0. The van der Waals surface area contributed by atoms with Gasteiger partial charge >= 0.3 is 18.2 Å². The van der Waals surface area contributed by atoms with Crippen LogP contribution in [0.2, 0.25) is 0 Å². The lowest BCUT2D eigenvalue weighted by molar-refractivity contribution is 0.204. The van der Waals surface area contributed by atoms with Crippen LogP contribution in [0.1, 0.15) is 0 Å². The van der Waals surface area contributed by atoms with E-state index < -0.39 is 18.2 Å². The van der Waals surface area contributed by atoms with E-state index in [-0.39, 0.29) is 0 Å². The van der Waals surface area contributed by atoms with Crippen molar-refractivity contribution in [1.82, 2.24) is 0 Å². The van der Waals surface area contributed by atoms with Crippen molar-refractivity contribution < 1.29 is 24.6 Å². The number of hydrogen-bond acceptors (Lipinski definition) is 3. The molecule has 0 aliphatic rings. The van der Waals surface area contributed by atoms with Gasteiger partial charge in [-0.25, -0.2) is 14.4 Å². The Hall–Kier alpha value is -2.19. The molecule has 0 aliphatic carbocycles. The molecule has 0 aromatic rings. The van der Waals surface area contributed by atoms with Crippen LogP contribution in [0.4, 0.5) is 14.4 Å². The Labute approximate surface area is 66.9 Å². The number of carboxylic acid groups (broad SMARTS) is 2. The van der Waals surface area contributed by atoms with Crippen LogP contribution in [-0.4, -0.2) is 28.4 Å². The molecule has 4 amide bonds. The highest BCUT2D eigenvalue weighted by atomic mass is 16.4. The van der Waals surface area contributed by atoms with E-state index in [1.54, 1.807) is 0 Å². The zero-order valence-electron chi connectivity index (χ0n) is 5.93. The standard InChI is InChI=1S/CH4N2O.2CH3NO2/c3*2-1(3)4/h(H4,2,3,4);2*2H2,(H,3,4). The lowest BCUT2D eigenvalue weighted by Crippen LogP contribution is -2.18. The molecule has 0 fully saturated rings. The fraction of sp³-hybridized carbons (Fsp3) is 0. The summed E-state index contributed by atoms with van der Waals surface area (Å²) in [5.41, 5.74) is 16.6. The summed E-state index contributed by atoms with van der Waals surface area (Å²) >= 11 is 0. The summed E-state index contributed by atoms with van der Waals surface area (Å²) in [7, 11) is 0. The number of hydrogen-bond donors (Lipinski definition) is 6. The minimum atomic E-state index is -1.33. The molecule has 0 radical (unpaired) electrons. The van der Waals surface area contributed by atoms with Crippen LogP contribution in [0.5, 0.6) is 0 Å². The van der Waals surface area contributed by atoms with Gasteiger partial charge in [0.2, 0.25) is 0 Å². The maximum atomic E-state index is 9.00. The molecule has 0 unspecified atom stereocenters. The predicted octanol–water partition coefficient (Wildman–Crippen LogP) is -1.73. The first kappa shape index (κ1) is 16.4. The summed E-state index contributed by atoms with van der Waals surface area (Å²) in [6.45, 7) is 0. The van der Waals surface area contributed by atoms with Gasteiger partial charge in [0.15, 0.2) is 0 Å². The quantitative estimate of drug-likeness (QED) is 0.258. The lowest BCUT2D eigenvalue weighted by atomic mass is 11.2. The lowest BCUT2D eigenvalue weighted by Gasteiger charge is -1.62. The van der Waals surface area contributed by atoms with E-state index in [0.29, 0.717) is 0 Å². The monoisotopic (exact) mass is 182 g/mol. The van der Waals surface area contributed by atoms with Crippen molar-refractivity contribution in [3.8, 4) is 0 Å². The van der Waals surface area contributed by atoms with Gasteiger partial charge in [0.05, 0.1) is 0 Å². The first-order chi connectivity index (χ1) is 5.20. The van der Waals surface area contributed by atoms with Crippen molar-refractivity contribution in [3.05, 3.63) is 0 Å². The van der Waals surface area contributed by atoms with Crippen molar-refractivity contribution in [3.63, 3.8) is 0 Å². The smallest absolute Gasteiger partial charge is 0.402 e. The van der Waals surface area contributed by atoms with Crippen LogP contribution in [0.3, 0.4) is 0 Å². The van der Waals surface area contributed by atoms with Crippen LogP contribution < -0.4 is 22.9 Å². The Kier molecular flexibility index (Phi) is 15.9. The average Bonchev–Trinajstić information content (AvgIpc) is 1.54. The molecular weight excluding hydrogens is 172 g/mol. The Bertz CT molecular complexity index is 116. The van der Waals surface area contributed by atoms with Gasteiger partial charge in [-0.3, -0.25) is 0 Å². The Morgan fingerprint density at radius 2 is 0.750 bits per heavy atom. The fourth-order valence-corrected chi connectivity index (χ4v) is 0. The minimum absolute atomic E-state index is 0.833.